The van der Waals surface area contributed by atoms with Gasteiger partial charge in [-0.25, -0.2) is 9.07 Å². The van der Waals surface area contributed by atoms with Crippen LogP contribution < -0.4 is 5.32 Å². The van der Waals surface area contributed by atoms with Gasteiger partial charge in [-0.3, -0.25) is 9.59 Å². The third-order valence-electron chi connectivity index (χ3n) is 5.52. The van der Waals surface area contributed by atoms with Gasteiger partial charge in [-0.2, -0.15) is 0 Å². The first kappa shape index (κ1) is 20.7. The number of halogens is 1. The fraction of sp³-hybridized carbons (Fsp3) is 0.304. The highest BCUT2D eigenvalue weighted by molar-refractivity contribution is 5.94. The van der Waals surface area contributed by atoms with Gasteiger partial charge < -0.3 is 10.2 Å². The molecule has 3 aromatic rings. The molecule has 0 saturated carbocycles. The van der Waals surface area contributed by atoms with Gasteiger partial charge in [-0.05, 0) is 62.6 Å². The maximum Gasteiger partial charge on any atom is 0.276 e. The molecular formula is C23H24FN5O2. The molecule has 1 N–H and O–H groups in total. The van der Waals surface area contributed by atoms with E-state index >= 15 is 0 Å². The highest BCUT2D eigenvalue weighted by Gasteiger charge is 2.26. The summed E-state index contributed by atoms with van der Waals surface area (Å²) in [4.78, 5) is 27.0. The molecule has 0 aliphatic carbocycles. The van der Waals surface area contributed by atoms with E-state index in [0.29, 0.717) is 42.7 Å². The lowest BCUT2D eigenvalue weighted by atomic mass is 10.0. The van der Waals surface area contributed by atoms with Crippen LogP contribution in [0.5, 0.6) is 0 Å². The van der Waals surface area contributed by atoms with E-state index in [0.717, 1.165) is 5.56 Å². The van der Waals surface area contributed by atoms with Gasteiger partial charge >= 0.3 is 0 Å². The molecule has 1 fully saturated rings. The van der Waals surface area contributed by atoms with Crippen molar-refractivity contribution in [3.63, 3.8) is 0 Å². The molecule has 2 aromatic carbocycles. The van der Waals surface area contributed by atoms with Gasteiger partial charge in [0.05, 0.1) is 11.9 Å². The molecule has 1 aliphatic heterocycles. The van der Waals surface area contributed by atoms with E-state index < -0.39 is 0 Å². The fourth-order valence-corrected chi connectivity index (χ4v) is 3.70. The topological polar surface area (TPSA) is 80.1 Å². The van der Waals surface area contributed by atoms with Crippen LogP contribution in [-0.2, 0) is 0 Å². The summed E-state index contributed by atoms with van der Waals surface area (Å²) in [6.45, 7) is 4.68. The molecule has 0 unspecified atom stereocenters. The molecule has 8 heteroatoms. The third kappa shape index (κ3) is 4.63. The van der Waals surface area contributed by atoms with E-state index in [2.05, 4.69) is 15.6 Å². The van der Waals surface area contributed by atoms with E-state index in [1.807, 2.05) is 25.1 Å². The molecule has 0 atom stereocenters. The van der Waals surface area contributed by atoms with Crippen LogP contribution in [0.25, 0.3) is 5.69 Å². The lowest BCUT2D eigenvalue weighted by Crippen LogP contribution is -2.46. The number of benzene rings is 2. The zero-order chi connectivity index (χ0) is 22.0. The molecule has 160 valence electrons. The number of amides is 2. The Hall–Kier alpha value is -3.55. The molecule has 4 rings (SSSR count). The standard InChI is InChI=1S/C23H24FN5O2/c1-15-4-3-5-17(12-15)22(30)25-18-8-10-28(11-9-18)23(31)21-14-29(27-26-21)19-6-7-20(24)16(2)13-19/h3-7,12-14,18H,8-11H2,1-2H3,(H,25,30). The summed E-state index contributed by atoms with van der Waals surface area (Å²) in [5.74, 6) is -0.586. The number of likely N-dealkylation sites (tertiary alicyclic amines) is 1. The second-order valence-electron chi connectivity index (χ2n) is 7.89. The minimum atomic E-state index is -0.294. The zero-order valence-corrected chi connectivity index (χ0v) is 17.5. The highest BCUT2D eigenvalue weighted by Crippen LogP contribution is 2.16. The zero-order valence-electron chi connectivity index (χ0n) is 17.5. The SMILES string of the molecule is Cc1cccc(C(=O)NC2CCN(C(=O)c3cn(-c4ccc(F)c(C)c4)nn3)CC2)c1. The minimum Gasteiger partial charge on any atom is -0.349 e. The predicted octanol–water partition coefficient (Wildman–Crippen LogP) is 3.06. The molecule has 31 heavy (non-hydrogen) atoms. The van der Waals surface area contributed by atoms with Crippen LogP contribution in [0.4, 0.5) is 4.39 Å². The van der Waals surface area contributed by atoms with Gasteiger partial charge in [0.2, 0.25) is 0 Å². The number of rotatable bonds is 4. The average Bonchev–Trinajstić information content (AvgIpc) is 3.26. The lowest BCUT2D eigenvalue weighted by molar-refractivity contribution is 0.0692. The summed E-state index contributed by atoms with van der Waals surface area (Å²) in [6, 6.07) is 12.1. The van der Waals surface area contributed by atoms with Crippen molar-refractivity contribution >= 4 is 11.8 Å². The molecule has 1 saturated heterocycles. The number of aromatic nitrogens is 3. The summed E-state index contributed by atoms with van der Waals surface area (Å²) in [5.41, 5.74) is 3.06. The quantitative estimate of drug-likeness (QED) is 0.702. The van der Waals surface area contributed by atoms with E-state index in [1.165, 1.54) is 10.7 Å². The number of aryl methyl sites for hydroxylation is 2. The van der Waals surface area contributed by atoms with Crippen molar-refractivity contribution in [2.75, 3.05) is 13.1 Å². The van der Waals surface area contributed by atoms with Crippen molar-refractivity contribution in [3.8, 4) is 5.69 Å². The highest BCUT2D eigenvalue weighted by atomic mass is 19.1. The molecule has 2 amide bonds. The van der Waals surface area contributed by atoms with E-state index in [1.54, 1.807) is 36.2 Å². The smallest absolute Gasteiger partial charge is 0.276 e. The molecular weight excluding hydrogens is 397 g/mol. The Kier molecular flexibility index (Phi) is 5.79. The second kappa shape index (κ2) is 8.67. The molecule has 0 bridgehead atoms. The first-order chi connectivity index (χ1) is 14.9. The molecule has 2 heterocycles. The van der Waals surface area contributed by atoms with Gasteiger partial charge in [0.25, 0.3) is 11.8 Å². The van der Waals surface area contributed by atoms with Crippen molar-refractivity contribution in [1.82, 2.24) is 25.2 Å². The van der Waals surface area contributed by atoms with E-state index in [-0.39, 0.29) is 29.4 Å². The van der Waals surface area contributed by atoms with Crippen LogP contribution in [0.1, 0.15) is 44.8 Å². The number of carbonyl (C=O) groups excluding carboxylic acids is 2. The number of nitrogens with one attached hydrogen (secondary N) is 1. The molecule has 7 nitrogen and oxygen atoms in total. The Balaban J connectivity index is 1.35. The fourth-order valence-electron chi connectivity index (χ4n) is 3.70. The summed E-state index contributed by atoms with van der Waals surface area (Å²) in [7, 11) is 0. The van der Waals surface area contributed by atoms with Crippen molar-refractivity contribution in [2.45, 2.75) is 32.7 Å². The van der Waals surface area contributed by atoms with Crippen LogP contribution in [0.15, 0.2) is 48.7 Å². The summed E-state index contributed by atoms with van der Waals surface area (Å²) in [6.07, 6.45) is 2.91. The average molecular weight is 421 g/mol. The largest absolute Gasteiger partial charge is 0.349 e. The first-order valence-electron chi connectivity index (χ1n) is 10.3. The maximum absolute atomic E-state index is 13.5. The molecule has 1 aliphatic rings. The van der Waals surface area contributed by atoms with Gasteiger partial charge in [0, 0.05) is 24.7 Å². The van der Waals surface area contributed by atoms with Crippen LogP contribution in [0.3, 0.4) is 0 Å². The molecule has 0 radical (unpaired) electrons. The normalized spacial score (nSPS) is 14.5. The molecule has 1 aromatic heterocycles. The number of nitrogens with zero attached hydrogens (tertiary/aromatic N) is 4. The van der Waals surface area contributed by atoms with Crippen LogP contribution in [-0.4, -0.2) is 50.8 Å². The lowest BCUT2D eigenvalue weighted by Gasteiger charge is -2.31. The van der Waals surface area contributed by atoms with Gasteiger partial charge in [-0.15, -0.1) is 5.10 Å². The number of hydrogen-bond donors (Lipinski definition) is 1. The van der Waals surface area contributed by atoms with Crippen molar-refractivity contribution in [2.24, 2.45) is 0 Å². The summed E-state index contributed by atoms with van der Waals surface area (Å²) in [5, 5.41) is 11.1. The summed E-state index contributed by atoms with van der Waals surface area (Å²) < 4.78 is 15.0. The Morgan fingerprint density at radius 3 is 2.58 bits per heavy atom. The van der Waals surface area contributed by atoms with Gasteiger partial charge in [0.15, 0.2) is 5.69 Å². The predicted molar refractivity (Wildman–Crippen MR) is 114 cm³/mol. The van der Waals surface area contributed by atoms with Crippen molar-refractivity contribution in [3.05, 3.63) is 76.9 Å². The Morgan fingerprint density at radius 1 is 1.10 bits per heavy atom. The van der Waals surface area contributed by atoms with E-state index in [4.69, 9.17) is 0 Å². The van der Waals surface area contributed by atoms with Crippen molar-refractivity contribution < 1.29 is 14.0 Å². The van der Waals surface area contributed by atoms with Gasteiger partial charge in [-0.1, -0.05) is 22.9 Å². The van der Waals surface area contributed by atoms with Crippen LogP contribution >= 0.6 is 0 Å². The maximum atomic E-state index is 13.5. The Bertz CT molecular complexity index is 1120. The second-order valence-corrected chi connectivity index (χ2v) is 7.89. The minimum absolute atomic E-state index is 0.0231. The first-order valence-corrected chi connectivity index (χ1v) is 10.3. The Labute approximate surface area is 179 Å². The van der Waals surface area contributed by atoms with Crippen LogP contribution in [0.2, 0.25) is 0 Å². The summed E-state index contributed by atoms with van der Waals surface area (Å²) >= 11 is 0. The van der Waals surface area contributed by atoms with E-state index in [9.17, 15) is 14.0 Å². The number of hydrogen-bond acceptors (Lipinski definition) is 4. The van der Waals surface area contributed by atoms with Crippen LogP contribution in [0, 0.1) is 19.7 Å². The Morgan fingerprint density at radius 2 is 1.87 bits per heavy atom. The monoisotopic (exact) mass is 421 g/mol. The molecule has 0 spiro atoms. The third-order valence-corrected chi connectivity index (χ3v) is 5.52. The van der Waals surface area contributed by atoms with Crippen molar-refractivity contribution in [1.29, 1.82) is 0 Å². The van der Waals surface area contributed by atoms with Gasteiger partial charge in [0.1, 0.15) is 5.82 Å². The number of carbonyl (C=O) groups is 2. The number of piperidine rings is 1.